The lowest BCUT2D eigenvalue weighted by atomic mass is 10.2. The summed E-state index contributed by atoms with van der Waals surface area (Å²) < 4.78 is 0. The van der Waals surface area contributed by atoms with Gasteiger partial charge in [0.15, 0.2) is 0 Å². The van der Waals surface area contributed by atoms with Crippen molar-refractivity contribution in [3.8, 4) is 24.7 Å². The van der Waals surface area contributed by atoms with Crippen LogP contribution in [0, 0.1) is 24.7 Å². The first-order valence-electron chi connectivity index (χ1n) is 5.04. The maximum Gasteiger partial charge on any atom is 0.0599 e. The van der Waals surface area contributed by atoms with Gasteiger partial charge >= 0.3 is 0 Å². The summed E-state index contributed by atoms with van der Waals surface area (Å²) in [4.78, 5) is 2.11. The number of nitrogens with zero attached hydrogens (tertiary/aromatic N) is 1. The second-order valence-corrected chi connectivity index (χ2v) is 3.27. The number of terminal acetylenes is 2. The third-order valence-electron chi connectivity index (χ3n) is 1.77. The number of hydrogen-bond acceptors (Lipinski definition) is 2. The minimum absolute atomic E-state index is 0.347. The third-order valence-corrected chi connectivity index (χ3v) is 1.77. The van der Waals surface area contributed by atoms with Gasteiger partial charge in [-0.05, 0) is 12.6 Å². The molecule has 0 amide bonds. The van der Waals surface area contributed by atoms with Crippen molar-refractivity contribution in [3.05, 3.63) is 35.9 Å². The van der Waals surface area contributed by atoms with Gasteiger partial charge in [-0.25, -0.2) is 0 Å². The highest BCUT2D eigenvalue weighted by atomic mass is 15.1. The van der Waals surface area contributed by atoms with Crippen molar-refractivity contribution in [2.45, 2.75) is 6.54 Å². The van der Waals surface area contributed by atoms with Gasteiger partial charge < -0.3 is 5.73 Å². The van der Waals surface area contributed by atoms with Gasteiger partial charge in [0.2, 0.25) is 0 Å². The molecule has 16 heavy (non-hydrogen) atoms. The van der Waals surface area contributed by atoms with E-state index in [4.69, 9.17) is 12.2 Å². The smallest absolute Gasteiger partial charge is 0.0599 e. The quantitative estimate of drug-likeness (QED) is 0.769. The van der Waals surface area contributed by atoms with Crippen LogP contribution < -0.4 is 5.73 Å². The van der Waals surface area contributed by atoms with Crippen LogP contribution in [0.3, 0.4) is 0 Å². The summed E-state index contributed by atoms with van der Waals surface area (Å²) in [5, 5.41) is 0. The lowest BCUT2D eigenvalue weighted by Gasteiger charge is -2.12. The van der Waals surface area contributed by atoms with Crippen LogP contribution in [0.1, 0.15) is 5.56 Å². The molecule has 0 radical (unpaired) electrons. The molecular weight excluding hydrogens is 196 g/mol. The zero-order valence-electron chi connectivity index (χ0n) is 9.69. The summed E-state index contributed by atoms with van der Waals surface area (Å²) in [5.41, 5.74) is 6.09. The van der Waals surface area contributed by atoms with E-state index in [0.717, 1.165) is 6.54 Å². The molecule has 0 unspecified atom stereocenters. The molecule has 1 aromatic carbocycles. The van der Waals surface area contributed by atoms with Crippen LogP contribution in [-0.4, -0.2) is 25.0 Å². The normalized spacial score (nSPS) is 8.56. The Morgan fingerprint density at radius 1 is 1.19 bits per heavy atom. The Kier molecular flexibility index (Phi) is 8.74. The summed E-state index contributed by atoms with van der Waals surface area (Å²) in [6.45, 7) is 1.97. The van der Waals surface area contributed by atoms with E-state index in [9.17, 15) is 0 Å². The molecule has 0 fully saturated rings. The van der Waals surface area contributed by atoms with Crippen molar-refractivity contribution in [1.82, 2.24) is 4.90 Å². The summed E-state index contributed by atoms with van der Waals surface area (Å²) in [6.07, 6.45) is 9.84. The molecule has 0 spiro atoms. The van der Waals surface area contributed by atoms with Crippen LogP contribution in [0.2, 0.25) is 0 Å². The van der Waals surface area contributed by atoms with Crippen LogP contribution in [-0.2, 0) is 6.54 Å². The Hall–Kier alpha value is -1.74. The highest BCUT2D eigenvalue weighted by molar-refractivity contribution is 5.14. The molecule has 2 nitrogen and oxygen atoms in total. The monoisotopic (exact) mass is 214 g/mol. The molecule has 0 aliphatic carbocycles. The molecule has 0 saturated heterocycles. The zero-order chi connectivity index (χ0) is 12.2. The molecule has 84 valence electrons. The van der Waals surface area contributed by atoms with Crippen LogP contribution in [0.15, 0.2) is 30.3 Å². The number of rotatable bonds is 3. The average Bonchev–Trinajstić information content (AvgIpc) is 2.31. The second kappa shape index (κ2) is 9.80. The van der Waals surface area contributed by atoms with Crippen LogP contribution in [0.5, 0.6) is 0 Å². The van der Waals surface area contributed by atoms with Crippen molar-refractivity contribution in [3.63, 3.8) is 0 Å². The number of hydrogen-bond donors (Lipinski definition) is 1. The summed E-state index contributed by atoms with van der Waals surface area (Å²) in [5.74, 6) is 4.82. The van der Waals surface area contributed by atoms with Crippen LogP contribution in [0.4, 0.5) is 0 Å². The van der Waals surface area contributed by atoms with Gasteiger partial charge in [-0.1, -0.05) is 42.2 Å². The predicted molar refractivity (Wildman–Crippen MR) is 69.5 cm³/mol. The van der Waals surface area contributed by atoms with Crippen molar-refractivity contribution >= 4 is 0 Å². The van der Waals surface area contributed by atoms with Crippen LogP contribution in [0.25, 0.3) is 0 Å². The fourth-order valence-electron chi connectivity index (χ4n) is 1.11. The van der Waals surface area contributed by atoms with E-state index in [1.54, 1.807) is 0 Å². The van der Waals surface area contributed by atoms with E-state index in [0.29, 0.717) is 13.1 Å². The molecule has 1 aromatic rings. The van der Waals surface area contributed by atoms with Gasteiger partial charge in [-0.15, -0.1) is 12.8 Å². The van der Waals surface area contributed by atoms with E-state index >= 15 is 0 Å². The van der Waals surface area contributed by atoms with E-state index < -0.39 is 0 Å². The van der Waals surface area contributed by atoms with Crippen molar-refractivity contribution in [1.29, 1.82) is 0 Å². The minimum Gasteiger partial charge on any atom is -0.320 e. The topological polar surface area (TPSA) is 29.3 Å². The zero-order valence-corrected chi connectivity index (χ0v) is 9.69. The number of nitrogens with two attached hydrogens (primary N) is 1. The van der Waals surface area contributed by atoms with Gasteiger partial charge in [0.05, 0.1) is 13.1 Å². The molecule has 1 rings (SSSR count). The molecule has 0 heterocycles. The first-order valence-corrected chi connectivity index (χ1v) is 5.04. The highest BCUT2D eigenvalue weighted by Gasteiger charge is 1.95. The molecule has 0 atom stereocenters. The third kappa shape index (κ3) is 7.64. The Morgan fingerprint density at radius 2 is 1.75 bits per heavy atom. The lowest BCUT2D eigenvalue weighted by molar-refractivity contribution is 0.369. The summed E-state index contributed by atoms with van der Waals surface area (Å²) >= 11 is 0. The van der Waals surface area contributed by atoms with E-state index in [-0.39, 0.29) is 0 Å². The fraction of sp³-hybridized carbons (Fsp3) is 0.286. The first-order chi connectivity index (χ1) is 7.74. The van der Waals surface area contributed by atoms with Gasteiger partial charge in [0, 0.05) is 6.54 Å². The van der Waals surface area contributed by atoms with Gasteiger partial charge in [-0.3, -0.25) is 4.90 Å². The molecule has 0 bridgehead atoms. The molecule has 0 aliphatic rings. The largest absolute Gasteiger partial charge is 0.320 e. The van der Waals surface area contributed by atoms with E-state index in [1.165, 1.54) is 5.56 Å². The van der Waals surface area contributed by atoms with Crippen LogP contribution >= 0.6 is 0 Å². The van der Waals surface area contributed by atoms with Crippen molar-refractivity contribution in [2.24, 2.45) is 5.73 Å². The Morgan fingerprint density at radius 3 is 2.19 bits per heavy atom. The second-order valence-electron chi connectivity index (χ2n) is 3.27. The van der Waals surface area contributed by atoms with E-state index in [1.807, 2.05) is 25.2 Å². The molecular formula is C14H18N2. The van der Waals surface area contributed by atoms with Crippen molar-refractivity contribution in [2.75, 3.05) is 20.1 Å². The van der Waals surface area contributed by atoms with Gasteiger partial charge in [0.25, 0.3) is 0 Å². The predicted octanol–water partition coefficient (Wildman–Crippen LogP) is 1.33. The highest BCUT2D eigenvalue weighted by Crippen LogP contribution is 2.01. The standard InChI is InChI=1S/C11H13N.C3H5N/c1-3-9-12(2)10-11-7-5-4-6-8-11;1-2-3-4/h1,4-8H,9-10H2,2H3;1H,3-4H2. The maximum atomic E-state index is 5.19. The first kappa shape index (κ1) is 14.3. The minimum atomic E-state index is 0.347. The van der Waals surface area contributed by atoms with Gasteiger partial charge in [0.1, 0.15) is 0 Å². The molecule has 0 saturated carbocycles. The SMILES string of the molecule is C#CCN.C#CCN(C)Cc1ccccc1. The maximum absolute atomic E-state index is 5.19. The number of benzene rings is 1. The molecule has 2 heteroatoms. The Balaban J connectivity index is 0.000000487. The molecule has 2 N–H and O–H groups in total. The van der Waals surface area contributed by atoms with Gasteiger partial charge in [-0.2, -0.15) is 0 Å². The Bertz CT molecular complexity index is 343. The summed E-state index contributed by atoms with van der Waals surface area (Å²) in [6, 6.07) is 10.3. The average molecular weight is 214 g/mol. The Labute approximate surface area is 98.5 Å². The molecule has 0 aromatic heterocycles. The molecule has 0 aliphatic heterocycles. The van der Waals surface area contributed by atoms with E-state index in [2.05, 4.69) is 35.3 Å². The summed E-state index contributed by atoms with van der Waals surface area (Å²) in [7, 11) is 2.02. The fourth-order valence-corrected chi connectivity index (χ4v) is 1.11. The van der Waals surface area contributed by atoms with Crippen molar-refractivity contribution < 1.29 is 0 Å². The lowest BCUT2D eigenvalue weighted by Crippen LogP contribution is -2.17.